The Morgan fingerprint density at radius 1 is 1.15 bits per heavy atom. The summed E-state index contributed by atoms with van der Waals surface area (Å²) in [5, 5.41) is 3.76. The van der Waals surface area contributed by atoms with Crippen molar-refractivity contribution in [3.05, 3.63) is 63.1 Å². The van der Waals surface area contributed by atoms with Crippen LogP contribution >= 0.6 is 23.2 Å². The summed E-state index contributed by atoms with van der Waals surface area (Å²) in [5.41, 5.74) is 8.38. The molecule has 0 fully saturated rings. The summed E-state index contributed by atoms with van der Waals surface area (Å²) < 4.78 is 0. The van der Waals surface area contributed by atoms with Gasteiger partial charge in [0.05, 0.1) is 10.7 Å². The molecule has 5 heteroatoms. The number of nitrogens with two attached hydrogens (primary N) is 1. The average Bonchev–Trinajstić information content (AvgIpc) is 2.44. The molecular formula is C15H14Cl2N2O. The number of nitrogens with one attached hydrogen (secondary N) is 1. The predicted molar refractivity (Wildman–Crippen MR) is 83.5 cm³/mol. The standard InChI is InChI=1S/C15H14Cl2N2O/c1-9-6-13(17)14(7-12(9)16)19-15(20)11-4-2-10(8-18)3-5-11/h2-7H,8,18H2,1H3,(H,19,20). The second-order valence-electron chi connectivity index (χ2n) is 4.44. The van der Waals surface area contributed by atoms with Gasteiger partial charge in [0.1, 0.15) is 0 Å². The van der Waals surface area contributed by atoms with E-state index in [1.54, 1.807) is 24.3 Å². The van der Waals surface area contributed by atoms with Crippen LogP contribution in [0.5, 0.6) is 0 Å². The molecule has 0 aliphatic heterocycles. The third kappa shape index (κ3) is 3.31. The first-order valence-corrected chi connectivity index (χ1v) is 6.83. The van der Waals surface area contributed by atoms with Gasteiger partial charge in [0.2, 0.25) is 0 Å². The molecule has 0 saturated carbocycles. The zero-order chi connectivity index (χ0) is 14.7. The van der Waals surface area contributed by atoms with Crippen LogP contribution in [0, 0.1) is 6.92 Å². The number of hydrogen-bond acceptors (Lipinski definition) is 2. The van der Waals surface area contributed by atoms with Crippen LogP contribution in [0.25, 0.3) is 0 Å². The molecule has 2 aromatic carbocycles. The molecule has 0 radical (unpaired) electrons. The van der Waals surface area contributed by atoms with Crippen molar-refractivity contribution in [3.8, 4) is 0 Å². The lowest BCUT2D eigenvalue weighted by atomic mass is 10.1. The highest BCUT2D eigenvalue weighted by atomic mass is 35.5. The Hall–Kier alpha value is -1.55. The molecule has 0 saturated heterocycles. The zero-order valence-electron chi connectivity index (χ0n) is 10.9. The van der Waals surface area contributed by atoms with Crippen molar-refractivity contribution in [3.63, 3.8) is 0 Å². The maximum absolute atomic E-state index is 12.1. The second-order valence-corrected chi connectivity index (χ2v) is 5.25. The fourth-order valence-corrected chi connectivity index (χ4v) is 2.16. The molecular weight excluding hydrogens is 295 g/mol. The average molecular weight is 309 g/mol. The molecule has 0 aliphatic carbocycles. The van der Waals surface area contributed by atoms with E-state index in [2.05, 4.69) is 5.32 Å². The fourth-order valence-electron chi connectivity index (χ4n) is 1.73. The van der Waals surface area contributed by atoms with Gasteiger partial charge in [-0.1, -0.05) is 35.3 Å². The van der Waals surface area contributed by atoms with E-state index in [-0.39, 0.29) is 5.91 Å². The molecule has 0 heterocycles. The minimum absolute atomic E-state index is 0.240. The highest BCUT2D eigenvalue weighted by Gasteiger charge is 2.10. The summed E-state index contributed by atoms with van der Waals surface area (Å²) in [4.78, 5) is 12.1. The number of benzene rings is 2. The van der Waals surface area contributed by atoms with E-state index in [1.165, 1.54) is 0 Å². The van der Waals surface area contributed by atoms with E-state index >= 15 is 0 Å². The number of carbonyl (C=O) groups excluding carboxylic acids is 1. The lowest BCUT2D eigenvalue weighted by Gasteiger charge is -2.09. The van der Waals surface area contributed by atoms with E-state index in [9.17, 15) is 4.79 Å². The first-order chi connectivity index (χ1) is 9.51. The van der Waals surface area contributed by atoms with Crippen LogP contribution in [0.2, 0.25) is 10.0 Å². The number of carbonyl (C=O) groups is 1. The quantitative estimate of drug-likeness (QED) is 0.900. The van der Waals surface area contributed by atoms with Crippen molar-refractivity contribution in [2.24, 2.45) is 5.73 Å². The molecule has 0 atom stereocenters. The number of anilines is 1. The van der Waals surface area contributed by atoms with Crippen LogP contribution in [-0.2, 0) is 6.54 Å². The highest BCUT2D eigenvalue weighted by Crippen LogP contribution is 2.29. The van der Waals surface area contributed by atoms with Crippen molar-refractivity contribution < 1.29 is 4.79 Å². The van der Waals surface area contributed by atoms with Crippen LogP contribution in [0.3, 0.4) is 0 Å². The van der Waals surface area contributed by atoms with Gasteiger partial charge in [-0.2, -0.15) is 0 Å². The Balaban J connectivity index is 2.20. The SMILES string of the molecule is Cc1cc(Cl)c(NC(=O)c2ccc(CN)cc2)cc1Cl. The smallest absolute Gasteiger partial charge is 0.255 e. The van der Waals surface area contributed by atoms with Crippen LogP contribution in [0.4, 0.5) is 5.69 Å². The van der Waals surface area contributed by atoms with Crippen LogP contribution in [0.15, 0.2) is 36.4 Å². The number of aryl methyl sites for hydroxylation is 1. The zero-order valence-corrected chi connectivity index (χ0v) is 12.4. The summed E-state index contributed by atoms with van der Waals surface area (Å²) in [6.45, 7) is 2.30. The number of halogens is 2. The van der Waals surface area contributed by atoms with Gasteiger partial charge in [-0.25, -0.2) is 0 Å². The lowest BCUT2D eigenvalue weighted by Crippen LogP contribution is -2.12. The topological polar surface area (TPSA) is 55.1 Å². The van der Waals surface area contributed by atoms with Gasteiger partial charge < -0.3 is 11.1 Å². The summed E-state index contributed by atoms with van der Waals surface area (Å²) >= 11 is 12.1. The molecule has 2 rings (SSSR count). The highest BCUT2D eigenvalue weighted by molar-refractivity contribution is 6.36. The van der Waals surface area contributed by atoms with Crippen molar-refractivity contribution in [1.29, 1.82) is 0 Å². The monoisotopic (exact) mass is 308 g/mol. The van der Waals surface area contributed by atoms with Crippen molar-refractivity contribution in [1.82, 2.24) is 0 Å². The minimum atomic E-state index is -0.240. The van der Waals surface area contributed by atoms with Gasteiger partial charge in [0.15, 0.2) is 0 Å². The van der Waals surface area contributed by atoms with Crippen LogP contribution < -0.4 is 11.1 Å². The molecule has 1 amide bonds. The summed E-state index contributed by atoms with van der Waals surface area (Å²) in [5.74, 6) is -0.240. The van der Waals surface area contributed by atoms with Gasteiger partial charge in [0, 0.05) is 17.1 Å². The van der Waals surface area contributed by atoms with Gasteiger partial charge in [-0.3, -0.25) is 4.79 Å². The molecule has 104 valence electrons. The Morgan fingerprint density at radius 3 is 2.40 bits per heavy atom. The van der Waals surface area contributed by atoms with Gasteiger partial charge in [-0.15, -0.1) is 0 Å². The first-order valence-electron chi connectivity index (χ1n) is 6.07. The normalized spacial score (nSPS) is 10.4. The van der Waals surface area contributed by atoms with Crippen LogP contribution in [-0.4, -0.2) is 5.91 Å². The largest absolute Gasteiger partial charge is 0.326 e. The van der Waals surface area contributed by atoms with Gasteiger partial charge >= 0.3 is 0 Å². The molecule has 0 bridgehead atoms. The van der Waals surface area contributed by atoms with Crippen molar-refractivity contribution in [2.75, 3.05) is 5.32 Å². The van der Waals surface area contributed by atoms with Gasteiger partial charge in [-0.05, 0) is 42.3 Å². The van der Waals surface area contributed by atoms with Crippen molar-refractivity contribution in [2.45, 2.75) is 13.5 Å². The molecule has 2 aromatic rings. The third-order valence-electron chi connectivity index (χ3n) is 2.95. The Kier molecular flexibility index (Phi) is 4.65. The van der Waals surface area contributed by atoms with Crippen LogP contribution in [0.1, 0.15) is 21.5 Å². The van der Waals surface area contributed by atoms with Crippen molar-refractivity contribution >= 4 is 34.8 Å². The van der Waals surface area contributed by atoms with E-state index < -0.39 is 0 Å². The molecule has 3 nitrogen and oxygen atoms in total. The van der Waals surface area contributed by atoms with Gasteiger partial charge in [0.25, 0.3) is 5.91 Å². The summed E-state index contributed by atoms with van der Waals surface area (Å²) in [6.07, 6.45) is 0. The fraction of sp³-hybridized carbons (Fsp3) is 0.133. The number of hydrogen-bond donors (Lipinski definition) is 2. The summed E-state index contributed by atoms with van der Waals surface area (Å²) in [7, 11) is 0. The predicted octanol–water partition coefficient (Wildman–Crippen LogP) is 4.01. The third-order valence-corrected chi connectivity index (χ3v) is 3.67. The Bertz CT molecular complexity index is 639. The second kappa shape index (κ2) is 6.27. The van der Waals surface area contributed by atoms with E-state index in [4.69, 9.17) is 28.9 Å². The molecule has 0 spiro atoms. The lowest BCUT2D eigenvalue weighted by molar-refractivity contribution is 0.102. The molecule has 3 N–H and O–H groups in total. The molecule has 0 unspecified atom stereocenters. The van der Waals surface area contributed by atoms with E-state index in [1.807, 2.05) is 19.1 Å². The minimum Gasteiger partial charge on any atom is -0.326 e. The molecule has 0 aliphatic rings. The Labute approximate surface area is 127 Å². The Morgan fingerprint density at radius 2 is 1.80 bits per heavy atom. The van der Waals surface area contributed by atoms with E-state index in [0.29, 0.717) is 27.8 Å². The maximum Gasteiger partial charge on any atom is 0.255 e. The number of amides is 1. The maximum atomic E-state index is 12.1. The van der Waals surface area contributed by atoms with E-state index in [0.717, 1.165) is 11.1 Å². The number of rotatable bonds is 3. The molecule has 0 aromatic heterocycles. The first kappa shape index (κ1) is 14.9. The summed E-state index contributed by atoms with van der Waals surface area (Å²) in [6, 6.07) is 10.4. The molecule has 20 heavy (non-hydrogen) atoms.